The van der Waals surface area contributed by atoms with E-state index in [1.54, 1.807) is 48.5 Å². The molecule has 0 bridgehead atoms. The van der Waals surface area contributed by atoms with E-state index < -0.39 is 28.5 Å². The summed E-state index contributed by atoms with van der Waals surface area (Å²) in [5.41, 5.74) is 0.851. The normalized spacial score (nSPS) is 15.6. The Morgan fingerprint density at radius 3 is 2.37 bits per heavy atom. The van der Waals surface area contributed by atoms with Crippen LogP contribution in [0.3, 0.4) is 0 Å². The summed E-state index contributed by atoms with van der Waals surface area (Å²) in [6.07, 6.45) is 0. The predicted octanol–water partition coefficient (Wildman–Crippen LogP) is 5.74. The van der Waals surface area contributed by atoms with Crippen LogP contribution in [0, 0.1) is 23.0 Å². The molecule has 0 saturated heterocycles. The first kappa shape index (κ1) is 20.1. The lowest BCUT2D eigenvalue weighted by Crippen LogP contribution is -2.28. The predicted molar refractivity (Wildman–Crippen MR) is 112 cm³/mol. The lowest BCUT2D eigenvalue weighted by atomic mass is 10.1. The van der Waals surface area contributed by atoms with Crippen molar-refractivity contribution in [2.24, 2.45) is 5.10 Å². The molecular formula is C22H12ClF2N3OS. The number of rotatable bonds is 3. The molecular weight excluding hydrogens is 428 g/mol. The van der Waals surface area contributed by atoms with Crippen molar-refractivity contribution in [1.29, 1.82) is 5.26 Å². The Kier molecular flexibility index (Phi) is 5.53. The summed E-state index contributed by atoms with van der Waals surface area (Å²) in [7, 11) is 0. The van der Waals surface area contributed by atoms with E-state index in [1.807, 2.05) is 0 Å². The van der Waals surface area contributed by atoms with Gasteiger partial charge in [0.15, 0.2) is 0 Å². The first-order valence-electron chi connectivity index (χ1n) is 8.77. The molecule has 3 aromatic carbocycles. The molecule has 1 aliphatic heterocycles. The Morgan fingerprint density at radius 2 is 1.70 bits per heavy atom. The van der Waals surface area contributed by atoms with Crippen LogP contribution >= 0.6 is 23.4 Å². The smallest absolute Gasteiger partial charge is 0.267 e. The van der Waals surface area contributed by atoms with Gasteiger partial charge in [-0.15, -0.1) is 0 Å². The van der Waals surface area contributed by atoms with Crippen molar-refractivity contribution in [3.63, 3.8) is 0 Å². The van der Waals surface area contributed by atoms with Gasteiger partial charge < -0.3 is 0 Å². The third-order valence-corrected chi connectivity index (χ3v) is 5.94. The zero-order valence-corrected chi connectivity index (χ0v) is 16.8. The summed E-state index contributed by atoms with van der Waals surface area (Å²) >= 11 is 7.16. The molecule has 3 aromatic rings. The summed E-state index contributed by atoms with van der Waals surface area (Å²) in [6.45, 7) is 0. The van der Waals surface area contributed by atoms with Gasteiger partial charge in [-0.3, -0.25) is 4.79 Å². The fourth-order valence-corrected chi connectivity index (χ4v) is 4.35. The van der Waals surface area contributed by atoms with E-state index in [0.717, 1.165) is 17.1 Å². The highest BCUT2D eigenvalue weighted by atomic mass is 35.5. The quantitative estimate of drug-likeness (QED) is 0.523. The van der Waals surface area contributed by atoms with Crippen LogP contribution in [0.5, 0.6) is 0 Å². The molecule has 1 amide bonds. The maximum absolute atomic E-state index is 14.3. The second kappa shape index (κ2) is 8.27. The molecule has 0 fully saturated rings. The first-order chi connectivity index (χ1) is 14.5. The van der Waals surface area contributed by atoms with E-state index in [9.17, 15) is 18.8 Å². The number of halogens is 3. The van der Waals surface area contributed by atoms with Crippen molar-refractivity contribution in [2.45, 2.75) is 5.37 Å². The molecule has 148 valence electrons. The maximum atomic E-state index is 14.3. The molecule has 0 saturated carbocycles. The molecule has 4 nitrogen and oxygen atoms in total. The highest BCUT2D eigenvalue weighted by Gasteiger charge is 2.37. The number of carbonyl (C=O) groups excluding carboxylic acids is 1. The minimum Gasteiger partial charge on any atom is -0.267 e. The van der Waals surface area contributed by atoms with Crippen molar-refractivity contribution in [3.05, 3.63) is 106 Å². The van der Waals surface area contributed by atoms with E-state index in [0.29, 0.717) is 26.8 Å². The van der Waals surface area contributed by atoms with Crippen molar-refractivity contribution in [3.8, 4) is 6.07 Å². The van der Waals surface area contributed by atoms with Crippen LogP contribution in [-0.2, 0) is 0 Å². The van der Waals surface area contributed by atoms with Crippen LogP contribution < -0.4 is 0 Å². The Balaban J connectivity index is 1.82. The average molecular weight is 440 g/mol. The number of hydrazone groups is 1. The number of thioether (sulfide) groups is 1. The second-order valence-corrected chi connectivity index (χ2v) is 7.83. The third-order valence-electron chi connectivity index (χ3n) is 4.47. The summed E-state index contributed by atoms with van der Waals surface area (Å²) in [6, 6.07) is 18.9. The summed E-state index contributed by atoms with van der Waals surface area (Å²) in [4.78, 5) is 13.1. The Labute approximate surface area is 180 Å². The van der Waals surface area contributed by atoms with E-state index in [4.69, 9.17) is 11.6 Å². The van der Waals surface area contributed by atoms with E-state index in [1.165, 1.54) is 17.8 Å². The van der Waals surface area contributed by atoms with E-state index in [-0.39, 0.29) is 0 Å². The number of hydrogen-bond donors (Lipinski definition) is 0. The topological polar surface area (TPSA) is 56.5 Å². The maximum Gasteiger partial charge on any atom is 0.281 e. The molecule has 0 aromatic heterocycles. The van der Waals surface area contributed by atoms with Crippen molar-refractivity contribution in [2.75, 3.05) is 0 Å². The molecule has 0 spiro atoms. The lowest BCUT2D eigenvalue weighted by Gasteiger charge is -2.22. The molecule has 0 radical (unpaired) electrons. The lowest BCUT2D eigenvalue weighted by molar-refractivity contribution is 0.0739. The van der Waals surface area contributed by atoms with Gasteiger partial charge >= 0.3 is 0 Å². The fraction of sp³-hybridized carbons (Fsp3) is 0.0455. The van der Waals surface area contributed by atoms with Gasteiger partial charge in [0.25, 0.3) is 5.91 Å². The van der Waals surface area contributed by atoms with E-state index >= 15 is 0 Å². The van der Waals surface area contributed by atoms with Gasteiger partial charge in [-0.05, 0) is 30.3 Å². The minimum absolute atomic E-state index is 0.342. The molecule has 0 aliphatic carbocycles. The zero-order valence-electron chi connectivity index (χ0n) is 15.2. The first-order valence-corrected chi connectivity index (χ1v) is 10.0. The fourth-order valence-electron chi connectivity index (χ4n) is 3.03. The number of nitrogens with zero attached hydrogens (tertiary/aromatic N) is 3. The monoisotopic (exact) mass is 439 g/mol. The van der Waals surface area contributed by atoms with Gasteiger partial charge in [0.1, 0.15) is 27.6 Å². The number of nitriles is 1. The van der Waals surface area contributed by atoms with Crippen LogP contribution in [0.2, 0.25) is 5.02 Å². The number of carbonyl (C=O) groups is 1. The molecule has 1 unspecified atom stereocenters. The summed E-state index contributed by atoms with van der Waals surface area (Å²) < 4.78 is 28.6. The molecule has 1 atom stereocenters. The van der Waals surface area contributed by atoms with Gasteiger partial charge in [0.2, 0.25) is 0 Å². The van der Waals surface area contributed by atoms with Gasteiger partial charge in [0.05, 0.1) is 11.6 Å². The van der Waals surface area contributed by atoms with Gasteiger partial charge in [-0.1, -0.05) is 59.8 Å². The van der Waals surface area contributed by atoms with Gasteiger partial charge in [0, 0.05) is 16.1 Å². The van der Waals surface area contributed by atoms with Crippen LogP contribution in [0.4, 0.5) is 8.78 Å². The minimum atomic E-state index is -0.979. The standard InChI is InChI=1S/C22H12ClF2N3OS/c23-15-10-8-13(9-11-15)20-27-28(21(29)19-17(24)6-3-7-18(19)25)22(30-20)16-5-2-1-4-14(16)12-26/h1-11,22H. The number of hydrogen-bond acceptors (Lipinski definition) is 4. The Morgan fingerprint density at radius 1 is 1.03 bits per heavy atom. The van der Waals surface area contributed by atoms with Crippen LogP contribution in [-0.4, -0.2) is 16.0 Å². The molecule has 4 rings (SSSR count). The van der Waals surface area contributed by atoms with Gasteiger partial charge in [-0.2, -0.15) is 10.4 Å². The SMILES string of the molecule is N#Cc1ccccc1C1SC(c2ccc(Cl)cc2)=NN1C(=O)c1c(F)cccc1F. The average Bonchev–Trinajstić information content (AvgIpc) is 3.19. The number of amides is 1. The van der Waals surface area contributed by atoms with Crippen molar-refractivity contribution in [1.82, 2.24) is 5.01 Å². The highest BCUT2D eigenvalue weighted by molar-refractivity contribution is 8.14. The Bertz CT molecular complexity index is 1190. The largest absolute Gasteiger partial charge is 0.281 e. The van der Waals surface area contributed by atoms with Crippen LogP contribution in [0.15, 0.2) is 71.8 Å². The molecule has 0 N–H and O–H groups in total. The molecule has 1 aliphatic rings. The second-order valence-electron chi connectivity index (χ2n) is 6.33. The van der Waals surface area contributed by atoms with Crippen LogP contribution in [0.25, 0.3) is 0 Å². The molecule has 30 heavy (non-hydrogen) atoms. The van der Waals surface area contributed by atoms with Crippen molar-refractivity contribution < 1.29 is 13.6 Å². The van der Waals surface area contributed by atoms with Crippen LogP contribution in [0.1, 0.15) is 32.4 Å². The zero-order chi connectivity index (χ0) is 21.3. The van der Waals surface area contributed by atoms with Gasteiger partial charge in [-0.25, -0.2) is 13.8 Å². The third kappa shape index (κ3) is 3.67. The summed E-state index contributed by atoms with van der Waals surface area (Å²) in [5, 5.41) is 15.1. The summed E-state index contributed by atoms with van der Waals surface area (Å²) in [5.74, 6) is -2.89. The highest BCUT2D eigenvalue weighted by Crippen LogP contribution is 2.43. The molecule has 1 heterocycles. The Hall–Kier alpha value is -3.21. The van der Waals surface area contributed by atoms with Crippen molar-refractivity contribution >= 4 is 34.3 Å². The number of benzene rings is 3. The van der Waals surface area contributed by atoms with E-state index in [2.05, 4.69) is 11.2 Å². The molecule has 8 heteroatoms.